The van der Waals surface area contributed by atoms with E-state index in [0.29, 0.717) is 0 Å². The van der Waals surface area contributed by atoms with Crippen molar-refractivity contribution in [3.63, 3.8) is 0 Å². The average molecular weight is 189 g/mol. The third-order valence-corrected chi connectivity index (χ3v) is 2.18. The highest BCUT2D eigenvalue weighted by Gasteiger charge is 2.08. The highest BCUT2D eigenvalue weighted by molar-refractivity contribution is 7.45. The average Bonchev–Trinajstić information content (AvgIpc) is 1.97. The first kappa shape index (κ1) is 9.40. The maximum absolute atomic E-state index is 12.8. The molecule has 0 saturated heterocycles. The molecule has 0 aliphatic carbocycles. The summed E-state index contributed by atoms with van der Waals surface area (Å²) in [6, 6.07) is 3.56. The Hall–Kier alpha value is -0.690. The fourth-order valence-corrected chi connectivity index (χ4v) is 1.63. The minimum Gasteiger partial charge on any atom is -0.326 e. The van der Waals surface area contributed by atoms with Crippen molar-refractivity contribution < 1.29 is 13.3 Å². The van der Waals surface area contributed by atoms with Crippen molar-refractivity contribution in [2.75, 3.05) is 0 Å². The van der Waals surface area contributed by atoms with Crippen LogP contribution in [-0.2, 0) is 10.7 Å². The molecule has 1 atom stereocenters. The van der Waals surface area contributed by atoms with Crippen molar-refractivity contribution in [2.24, 2.45) is 0 Å². The Morgan fingerprint density at radius 2 is 1.83 bits per heavy atom. The van der Waals surface area contributed by atoms with E-state index in [9.17, 15) is 13.3 Å². The molecule has 1 radical (unpaired) electrons. The SMILES string of the molecule is [CH2][PH](=O)Cc1c(F)cccc1F. The number of rotatable bonds is 2. The van der Waals surface area contributed by atoms with Crippen LogP contribution in [0.5, 0.6) is 0 Å². The molecular formula is C8H8F2OP. The summed E-state index contributed by atoms with van der Waals surface area (Å²) < 4.78 is 36.3. The van der Waals surface area contributed by atoms with E-state index < -0.39 is 19.4 Å². The lowest BCUT2D eigenvalue weighted by Gasteiger charge is -2.01. The molecule has 0 aliphatic heterocycles. The van der Waals surface area contributed by atoms with Crippen LogP contribution in [0, 0.1) is 18.3 Å². The Morgan fingerprint density at radius 1 is 1.33 bits per heavy atom. The van der Waals surface area contributed by atoms with Crippen molar-refractivity contribution in [1.29, 1.82) is 0 Å². The summed E-state index contributed by atoms with van der Waals surface area (Å²) in [5.74, 6) is -1.31. The van der Waals surface area contributed by atoms with Crippen LogP contribution in [0.3, 0.4) is 0 Å². The van der Waals surface area contributed by atoms with E-state index in [4.69, 9.17) is 0 Å². The van der Waals surface area contributed by atoms with Gasteiger partial charge in [-0.15, -0.1) is 0 Å². The summed E-state index contributed by atoms with van der Waals surface area (Å²) >= 11 is 0. The molecule has 0 saturated carbocycles. The largest absolute Gasteiger partial charge is 0.326 e. The molecule has 0 amide bonds. The second-order valence-electron chi connectivity index (χ2n) is 2.42. The topological polar surface area (TPSA) is 17.1 Å². The van der Waals surface area contributed by atoms with E-state index in [1.165, 1.54) is 6.07 Å². The van der Waals surface area contributed by atoms with Crippen molar-refractivity contribution in [2.45, 2.75) is 6.16 Å². The van der Waals surface area contributed by atoms with Gasteiger partial charge in [-0.25, -0.2) is 8.78 Å². The minimum absolute atomic E-state index is 0.108. The standard InChI is InChI=1S/C8H8F2OP/c1-12(11)5-6-7(9)3-2-4-8(6)10/h2-4,12H,1,5H2. The summed E-state index contributed by atoms with van der Waals surface area (Å²) in [6.45, 7) is 3.23. The number of hydrogen-bond acceptors (Lipinski definition) is 1. The zero-order chi connectivity index (χ0) is 9.14. The van der Waals surface area contributed by atoms with Gasteiger partial charge in [-0.3, -0.25) is 0 Å². The van der Waals surface area contributed by atoms with Crippen molar-refractivity contribution >= 4 is 7.80 Å². The fraction of sp³-hybridized carbons (Fsp3) is 0.125. The third kappa shape index (κ3) is 2.15. The highest BCUT2D eigenvalue weighted by atomic mass is 31.1. The van der Waals surface area contributed by atoms with Crippen LogP contribution in [0.15, 0.2) is 18.2 Å². The van der Waals surface area contributed by atoms with Gasteiger partial charge in [0, 0.05) is 18.4 Å². The molecule has 1 aromatic rings. The number of halogens is 2. The maximum Gasteiger partial charge on any atom is 0.129 e. The van der Waals surface area contributed by atoms with Crippen LogP contribution < -0.4 is 0 Å². The Kier molecular flexibility index (Phi) is 2.99. The summed E-state index contributed by atoms with van der Waals surface area (Å²) in [5, 5.41) is 0. The Bertz CT molecular complexity index is 292. The fourth-order valence-electron chi connectivity index (χ4n) is 0.898. The second kappa shape index (κ2) is 3.81. The van der Waals surface area contributed by atoms with Gasteiger partial charge >= 0.3 is 0 Å². The van der Waals surface area contributed by atoms with Gasteiger partial charge in [-0.2, -0.15) is 0 Å². The van der Waals surface area contributed by atoms with Crippen LogP contribution in [0.25, 0.3) is 0 Å². The van der Waals surface area contributed by atoms with Gasteiger partial charge in [0.25, 0.3) is 0 Å². The molecule has 1 rings (SSSR count). The van der Waals surface area contributed by atoms with Gasteiger partial charge < -0.3 is 4.57 Å². The smallest absolute Gasteiger partial charge is 0.129 e. The molecule has 65 valence electrons. The van der Waals surface area contributed by atoms with Crippen molar-refractivity contribution in [3.8, 4) is 0 Å². The molecule has 0 spiro atoms. The Balaban J connectivity index is 3.04. The first-order valence-corrected chi connectivity index (χ1v) is 5.21. The molecule has 0 aliphatic rings. The van der Waals surface area contributed by atoms with Gasteiger partial charge in [0.1, 0.15) is 11.6 Å². The van der Waals surface area contributed by atoms with Crippen molar-refractivity contribution in [1.82, 2.24) is 0 Å². The quantitative estimate of drug-likeness (QED) is 0.653. The number of hydrogen-bond donors (Lipinski definition) is 0. The molecular weight excluding hydrogens is 181 g/mol. The predicted molar refractivity (Wildman–Crippen MR) is 44.4 cm³/mol. The zero-order valence-electron chi connectivity index (χ0n) is 6.31. The molecule has 4 heteroatoms. The Labute approximate surface area is 70.2 Å². The first-order chi connectivity index (χ1) is 5.61. The monoisotopic (exact) mass is 189 g/mol. The van der Waals surface area contributed by atoms with Gasteiger partial charge in [-0.1, -0.05) is 6.07 Å². The van der Waals surface area contributed by atoms with Crippen LogP contribution in [-0.4, -0.2) is 0 Å². The van der Waals surface area contributed by atoms with E-state index in [1.807, 2.05) is 0 Å². The molecule has 1 nitrogen and oxygen atoms in total. The summed E-state index contributed by atoms with van der Waals surface area (Å²) in [4.78, 5) is 0. The molecule has 0 bridgehead atoms. The van der Waals surface area contributed by atoms with Gasteiger partial charge in [0.05, 0.1) is 7.80 Å². The van der Waals surface area contributed by atoms with Crippen LogP contribution in [0.1, 0.15) is 5.56 Å². The van der Waals surface area contributed by atoms with Crippen LogP contribution in [0.2, 0.25) is 0 Å². The molecule has 12 heavy (non-hydrogen) atoms. The summed E-state index contributed by atoms with van der Waals surface area (Å²) in [7, 11) is -2.11. The summed E-state index contributed by atoms with van der Waals surface area (Å²) in [6.07, 6.45) is -0.108. The van der Waals surface area contributed by atoms with E-state index in [1.54, 1.807) is 0 Å². The van der Waals surface area contributed by atoms with Gasteiger partial charge in [0.2, 0.25) is 0 Å². The van der Waals surface area contributed by atoms with Crippen molar-refractivity contribution in [3.05, 3.63) is 42.1 Å². The second-order valence-corrected chi connectivity index (χ2v) is 3.85. The Morgan fingerprint density at radius 3 is 2.25 bits per heavy atom. The van der Waals surface area contributed by atoms with Crippen LogP contribution in [0.4, 0.5) is 8.78 Å². The molecule has 1 aromatic carbocycles. The maximum atomic E-state index is 12.8. The lowest BCUT2D eigenvalue weighted by molar-refractivity contribution is 0.559. The minimum atomic E-state index is -2.11. The van der Waals surface area contributed by atoms with Gasteiger partial charge in [-0.05, 0) is 12.1 Å². The normalized spacial score (nSPS) is 12.9. The van der Waals surface area contributed by atoms with Crippen LogP contribution >= 0.6 is 7.80 Å². The highest BCUT2D eigenvalue weighted by Crippen LogP contribution is 2.27. The molecule has 0 N–H and O–H groups in total. The van der Waals surface area contributed by atoms with E-state index in [2.05, 4.69) is 6.66 Å². The molecule has 0 aromatic heterocycles. The third-order valence-electron chi connectivity index (χ3n) is 1.44. The lowest BCUT2D eigenvalue weighted by Crippen LogP contribution is -1.91. The molecule has 1 unspecified atom stereocenters. The van der Waals surface area contributed by atoms with E-state index in [-0.39, 0.29) is 11.7 Å². The first-order valence-electron chi connectivity index (χ1n) is 3.39. The zero-order valence-corrected chi connectivity index (χ0v) is 7.31. The predicted octanol–water partition coefficient (Wildman–Crippen LogP) is 2.82. The lowest BCUT2D eigenvalue weighted by atomic mass is 10.2. The van der Waals surface area contributed by atoms with E-state index >= 15 is 0 Å². The van der Waals surface area contributed by atoms with Gasteiger partial charge in [0.15, 0.2) is 0 Å². The number of benzene rings is 1. The molecule has 0 fully saturated rings. The molecule has 0 heterocycles. The summed E-state index contributed by atoms with van der Waals surface area (Å²) in [5.41, 5.74) is -0.128. The van der Waals surface area contributed by atoms with E-state index in [0.717, 1.165) is 12.1 Å².